The molecule has 0 unspecified atom stereocenters. The number of ether oxygens (including phenoxy) is 1. The van der Waals surface area contributed by atoms with Gasteiger partial charge in [0.1, 0.15) is 18.2 Å². The number of carbonyl (C=O) groups is 1. The van der Waals surface area contributed by atoms with E-state index in [4.69, 9.17) is 9.72 Å². The molecule has 1 aromatic heterocycles. The number of hydrogen-bond donors (Lipinski definition) is 0. The number of carbonyl (C=O) groups excluding carboxylic acids is 1. The predicted octanol–water partition coefficient (Wildman–Crippen LogP) is 2.52. The molecule has 1 atom stereocenters. The number of nitrogens with zero attached hydrogens (tertiary/aromatic N) is 4. The zero-order chi connectivity index (χ0) is 17.6. The Labute approximate surface area is 150 Å². The molecule has 6 heteroatoms. The van der Waals surface area contributed by atoms with Gasteiger partial charge in [-0.15, -0.1) is 0 Å². The number of rotatable bonds is 6. The molecule has 0 saturated carbocycles. The van der Waals surface area contributed by atoms with Crippen LogP contribution in [0, 0.1) is 6.92 Å². The minimum absolute atomic E-state index is 0.101. The Morgan fingerprint density at radius 3 is 2.80 bits per heavy atom. The van der Waals surface area contributed by atoms with Crippen molar-refractivity contribution in [1.82, 2.24) is 14.9 Å². The Hall–Kier alpha value is -1.69. The molecule has 6 nitrogen and oxygen atoms in total. The number of likely N-dealkylation sites (tertiary alicyclic amines) is 1. The average Bonchev–Trinajstić information content (AvgIpc) is 3.16. The van der Waals surface area contributed by atoms with Crippen LogP contribution >= 0.6 is 0 Å². The van der Waals surface area contributed by atoms with Crippen LogP contribution in [0.1, 0.15) is 56.5 Å². The molecular formula is C19H30N4O2. The van der Waals surface area contributed by atoms with E-state index in [1.165, 1.54) is 12.8 Å². The smallest absolute Gasteiger partial charge is 0.248 e. The molecule has 2 saturated heterocycles. The maximum absolute atomic E-state index is 12.4. The van der Waals surface area contributed by atoms with Crippen molar-refractivity contribution in [1.29, 1.82) is 0 Å². The number of anilines is 1. The molecule has 1 amide bonds. The van der Waals surface area contributed by atoms with E-state index in [0.29, 0.717) is 12.5 Å². The summed E-state index contributed by atoms with van der Waals surface area (Å²) in [5, 5.41) is 0. The fourth-order valence-corrected chi connectivity index (χ4v) is 3.73. The van der Waals surface area contributed by atoms with Crippen LogP contribution in [0.15, 0.2) is 6.07 Å². The SMILES string of the molecule is CCCOCC(=O)N1CCC[C@@H](c2cc(N3CCCC3)nc(C)n2)C1. The minimum atomic E-state index is 0.101. The third-order valence-electron chi connectivity index (χ3n) is 5.04. The lowest BCUT2D eigenvalue weighted by atomic mass is 9.94. The number of piperidine rings is 1. The van der Waals surface area contributed by atoms with Gasteiger partial charge in [-0.05, 0) is 39.0 Å². The fraction of sp³-hybridized carbons (Fsp3) is 0.737. The van der Waals surface area contributed by atoms with Gasteiger partial charge in [0.25, 0.3) is 0 Å². The van der Waals surface area contributed by atoms with Crippen molar-refractivity contribution >= 4 is 11.7 Å². The predicted molar refractivity (Wildman–Crippen MR) is 97.9 cm³/mol. The van der Waals surface area contributed by atoms with E-state index in [0.717, 1.165) is 62.8 Å². The molecule has 2 fully saturated rings. The first-order chi connectivity index (χ1) is 12.2. The first-order valence-corrected chi connectivity index (χ1v) is 9.63. The lowest BCUT2D eigenvalue weighted by molar-refractivity contribution is -0.137. The first-order valence-electron chi connectivity index (χ1n) is 9.63. The molecule has 138 valence electrons. The summed E-state index contributed by atoms with van der Waals surface area (Å²) >= 11 is 0. The van der Waals surface area contributed by atoms with Crippen molar-refractivity contribution in [3.05, 3.63) is 17.6 Å². The second-order valence-electron chi connectivity index (χ2n) is 7.12. The summed E-state index contributed by atoms with van der Waals surface area (Å²) in [7, 11) is 0. The normalized spacial score (nSPS) is 21.0. The highest BCUT2D eigenvalue weighted by Crippen LogP contribution is 2.28. The van der Waals surface area contributed by atoms with E-state index in [-0.39, 0.29) is 12.5 Å². The molecule has 0 aromatic carbocycles. The number of hydrogen-bond acceptors (Lipinski definition) is 5. The lowest BCUT2D eigenvalue weighted by Crippen LogP contribution is -2.41. The summed E-state index contributed by atoms with van der Waals surface area (Å²) in [5.74, 6) is 2.28. The van der Waals surface area contributed by atoms with Crippen LogP contribution in [-0.4, -0.2) is 60.2 Å². The van der Waals surface area contributed by atoms with E-state index < -0.39 is 0 Å². The first kappa shape index (κ1) is 18.1. The zero-order valence-electron chi connectivity index (χ0n) is 15.5. The van der Waals surface area contributed by atoms with Gasteiger partial charge in [0.05, 0.1) is 5.69 Å². The van der Waals surface area contributed by atoms with Gasteiger partial charge in [-0.2, -0.15) is 0 Å². The van der Waals surface area contributed by atoms with Gasteiger partial charge in [0.2, 0.25) is 5.91 Å². The van der Waals surface area contributed by atoms with Gasteiger partial charge in [-0.3, -0.25) is 4.79 Å². The van der Waals surface area contributed by atoms with E-state index in [9.17, 15) is 4.79 Å². The molecular weight excluding hydrogens is 316 g/mol. The van der Waals surface area contributed by atoms with Gasteiger partial charge >= 0.3 is 0 Å². The molecule has 2 aliphatic rings. The van der Waals surface area contributed by atoms with Gasteiger partial charge in [-0.1, -0.05) is 6.92 Å². The standard InChI is InChI=1S/C19H30N4O2/c1-3-11-25-14-19(24)23-10-6-7-16(13-23)17-12-18(21-15(2)20-17)22-8-4-5-9-22/h12,16H,3-11,13-14H2,1-2H3/t16-/m1/s1. The Kier molecular flexibility index (Phi) is 6.24. The molecule has 2 aliphatic heterocycles. The molecule has 0 aliphatic carbocycles. The topological polar surface area (TPSA) is 58.6 Å². The molecule has 3 rings (SSSR count). The Bertz CT molecular complexity index is 587. The number of aryl methyl sites for hydroxylation is 1. The molecule has 0 spiro atoms. The molecule has 1 aromatic rings. The molecule has 25 heavy (non-hydrogen) atoms. The summed E-state index contributed by atoms with van der Waals surface area (Å²) in [6, 6.07) is 2.14. The van der Waals surface area contributed by atoms with Crippen LogP contribution in [0.25, 0.3) is 0 Å². The maximum atomic E-state index is 12.4. The fourth-order valence-electron chi connectivity index (χ4n) is 3.73. The Balaban J connectivity index is 1.67. The summed E-state index contributed by atoms with van der Waals surface area (Å²) < 4.78 is 5.42. The van der Waals surface area contributed by atoms with Crippen molar-refractivity contribution in [2.45, 2.75) is 51.9 Å². The van der Waals surface area contributed by atoms with Crippen LogP contribution in [0.5, 0.6) is 0 Å². The van der Waals surface area contributed by atoms with Crippen LogP contribution in [0.4, 0.5) is 5.82 Å². The van der Waals surface area contributed by atoms with Crippen LogP contribution in [0.2, 0.25) is 0 Å². The van der Waals surface area contributed by atoms with E-state index in [1.54, 1.807) is 0 Å². The second-order valence-corrected chi connectivity index (χ2v) is 7.12. The summed E-state index contributed by atoms with van der Waals surface area (Å²) in [6.07, 6.45) is 5.51. The van der Waals surface area contributed by atoms with Crippen molar-refractivity contribution in [3.8, 4) is 0 Å². The van der Waals surface area contributed by atoms with Crippen molar-refractivity contribution < 1.29 is 9.53 Å². The summed E-state index contributed by atoms with van der Waals surface area (Å²) in [4.78, 5) is 26.0. The van der Waals surface area contributed by atoms with E-state index in [1.807, 2.05) is 11.8 Å². The quantitative estimate of drug-likeness (QED) is 0.741. The van der Waals surface area contributed by atoms with Crippen molar-refractivity contribution in [2.24, 2.45) is 0 Å². The van der Waals surface area contributed by atoms with Crippen molar-refractivity contribution in [2.75, 3.05) is 44.3 Å². The highest BCUT2D eigenvalue weighted by Gasteiger charge is 2.27. The lowest BCUT2D eigenvalue weighted by Gasteiger charge is -2.33. The number of aromatic nitrogens is 2. The van der Waals surface area contributed by atoms with E-state index in [2.05, 4.69) is 22.9 Å². The average molecular weight is 346 g/mol. The van der Waals surface area contributed by atoms with Gasteiger partial charge in [-0.25, -0.2) is 9.97 Å². The molecule has 0 bridgehead atoms. The highest BCUT2D eigenvalue weighted by molar-refractivity contribution is 5.77. The minimum Gasteiger partial charge on any atom is -0.372 e. The van der Waals surface area contributed by atoms with Crippen LogP contribution in [0.3, 0.4) is 0 Å². The van der Waals surface area contributed by atoms with Crippen LogP contribution in [-0.2, 0) is 9.53 Å². The highest BCUT2D eigenvalue weighted by atomic mass is 16.5. The largest absolute Gasteiger partial charge is 0.372 e. The van der Waals surface area contributed by atoms with E-state index >= 15 is 0 Å². The zero-order valence-corrected chi connectivity index (χ0v) is 15.5. The molecule has 0 N–H and O–H groups in total. The van der Waals surface area contributed by atoms with Gasteiger partial charge in [0.15, 0.2) is 0 Å². The third-order valence-corrected chi connectivity index (χ3v) is 5.04. The second kappa shape index (κ2) is 8.61. The van der Waals surface area contributed by atoms with Crippen molar-refractivity contribution in [3.63, 3.8) is 0 Å². The Morgan fingerprint density at radius 2 is 2.04 bits per heavy atom. The third kappa shape index (κ3) is 4.69. The summed E-state index contributed by atoms with van der Waals surface area (Å²) in [6.45, 7) is 8.60. The monoisotopic (exact) mass is 346 g/mol. The van der Waals surface area contributed by atoms with Gasteiger partial charge in [0, 0.05) is 44.8 Å². The number of amides is 1. The summed E-state index contributed by atoms with van der Waals surface area (Å²) in [5.41, 5.74) is 1.08. The maximum Gasteiger partial charge on any atom is 0.248 e. The Morgan fingerprint density at radius 1 is 1.24 bits per heavy atom. The van der Waals surface area contributed by atoms with Gasteiger partial charge < -0.3 is 14.5 Å². The van der Waals surface area contributed by atoms with Crippen LogP contribution < -0.4 is 4.90 Å². The molecule has 0 radical (unpaired) electrons. The molecule has 3 heterocycles.